The van der Waals surface area contributed by atoms with Crippen LogP contribution in [0.25, 0.3) is 0 Å². The van der Waals surface area contributed by atoms with Gasteiger partial charge in [-0.2, -0.15) is 0 Å². The van der Waals surface area contributed by atoms with Crippen LogP contribution >= 0.6 is 0 Å². The molecule has 0 bridgehead atoms. The van der Waals surface area contributed by atoms with E-state index in [0.717, 1.165) is 45.6 Å². The zero-order valence-corrected chi connectivity index (χ0v) is 47.6. The maximum Gasteiger partial charge on any atom is 2.00 e. The van der Waals surface area contributed by atoms with Gasteiger partial charge in [0, 0.05) is 0 Å². The van der Waals surface area contributed by atoms with Crippen LogP contribution in [0.15, 0.2) is 92.8 Å². The predicted molar refractivity (Wildman–Crippen MR) is 291 cm³/mol. The molecule has 0 aliphatic rings. The first-order valence-corrected chi connectivity index (χ1v) is 23.5. The van der Waals surface area contributed by atoms with Crippen LogP contribution in [0, 0.1) is 27.7 Å². The number of aliphatic imine (C=N–C) groups is 4. The van der Waals surface area contributed by atoms with Gasteiger partial charge in [-0.05, 0) is 91.9 Å². The van der Waals surface area contributed by atoms with Crippen molar-refractivity contribution in [3.63, 3.8) is 0 Å². The summed E-state index contributed by atoms with van der Waals surface area (Å²) < 4.78 is 0. The number of hydrogen-bond donors (Lipinski definition) is 0. The Balaban J connectivity index is 0. The van der Waals surface area contributed by atoms with Crippen LogP contribution in [-0.2, 0) is 34.1 Å². The molecule has 2 radical (unpaired) electrons. The molecule has 0 amide bonds. The van der Waals surface area contributed by atoms with Crippen molar-refractivity contribution >= 4 is 45.6 Å². The third kappa shape index (κ3) is 18.1. The molecule has 0 spiro atoms. The normalized spacial score (nSPS) is 12.3. The smallest absolute Gasteiger partial charge is 0.358 e. The number of rotatable bonds is 16. The minimum Gasteiger partial charge on any atom is -0.358 e. The van der Waals surface area contributed by atoms with Gasteiger partial charge in [0.25, 0.3) is 0 Å². The summed E-state index contributed by atoms with van der Waals surface area (Å²) in [4.78, 5) is 20.3. The van der Waals surface area contributed by atoms with Gasteiger partial charge in [0.15, 0.2) is 0 Å². The molecule has 0 aliphatic heterocycles. The van der Waals surface area contributed by atoms with E-state index in [1.807, 2.05) is 0 Å². The molecule has 0 saturated carbocycles. The molecule has 6 heteroatoms. The Kier molecular flexibility index (Phi) is 29.2. The third-order valence-corrected chi connectivity index (χ3v) is 11.4. The average Bonchev–Trinajstić information content (AvgIpc) is 3.17. The molecule has 0 unspecified atom stereocenters. The van der Waals surface area contributed by atoms with E-state index >= 15 is 0 Å². The van der Waals surface area contributed by atoms with Crippen LogP contribution in [0.4, 0.5) is 22.7 Å². The van der Waals surface area contributed by atoms with Crippen LogP contribution in [0.5, 0.6) is 0 Å². The molecular formula is C60H88Mn2N4. The summed E-state index contributed by atoms with van der Waals surface area (Å²) in [7, 11) is 0. The number of hydrogen-bond acceptors (Lipinski definition) is 4. The van der Waals surface area contributed by atoms with Gasteiger partial charge in [-0.1, -0.05) is 211 Å². The second kappa shape index (κ2) is 30.0. The summed E-state index contributed by atoms with van der Waals surface area (Å²) in [6.45, 7) is 44.1. The summed E-state index contributed by atoms with van der Waals surface area (Å²) in [6.07, 6.45) is 4.23. The maximum atomic E-state index is 5.08. The van der Waals surface area contributed by atoms with Crippen LogP contribution < -0.4 is 0 Å². The van der Waals surface area contributed by atoms with E-state index in [4.69, 9.17) is 20.0 Å². The van der Waals surface area contributed by atoms with Gasteiger partial charge in [0.05, 0.1) is 22.7 Å². The van der Waals surface area contributed by atoms with Gasteiger partial charge in [-0.25, -0.2) is 0 Å². The molecule has 4 rings (SSSR count). The molecule has 4 nitrogen and oxygen atoms in total. The molecule has 66 heavy (non-hydrogen) atoms. The van der Waals surface area contributed by atoms with Crippen molar-refractivity contribution in [3.05, 3.63) is 145 Å². The van der Waals surface area contributed by atoms with Crippen LogP contribution in [0.2, 0.25) is 0 Å². The average molecular weight is 975 g/mol. The molecule has 362 valence electrons. The van der Waals surface area contributed by atoms with Gasteiger partial charge in [0.2, 0.25) is 0 Å². The van der Waals surface area contributed by atoms with Crippen LogP contribution in [0.1, 0.15) is 230 Å². The van der Waals surface area contributed by atoms with Gasteiger partial charge < -0.3 is 27.7 Å². The molecular weight excluding hydrogens is 887 g/mol. The molecule has 0 aromatic heterocycles. The molecule has 0 heterocycles. The fourth-order valence-electron chi connectivity index (χ4n) is 8.00. The molecule has 0 N–H and O–H groups in total. The van der Waals surface area contributed by atoms with Crippen molar-refractivity contribution < 1.29 is 34.1 Å². The van der Waals surface area contributed by atoms with Crippen molar-refractivity contribution in [3.8, 4) is 0 Å². The van der Waals surface area contributed by atoms with Gasteiger partial charge in [-0.3, -0.25) is 20.0 Å². The molecule has 4 aromatic rings. The van der Waals surface area contributed by atoms with E-state index in [9.17, 15) is 0 Å². The van der Waals surface area contributed by atoms with Gasteiger partial charge >= 0.3 is 34.1 Å². The first kappa shape index (κ1) is 64.4. The predicted octanol–water partition coefficient (Wildman–Crippen LogP) is 19.4. The Morgan fingerprint density at radius 1 is 0.288 bits per heavy atom. The second-order valence-corrected chi connectivity index (χ2v) is 19.7. The fraction of sp³-hybridized carbons (Fsp3) is 0.467. The van der Waals surface area contributed by atoms with E-state index in [1.54, 1.807) is 0 Å². The zero-order valence-electron chi connectivity index (χ0n) is 45.2. The van der Waals surface area contributed by atoms with E-state index in [0.29, 0.717) is 47.3 Å². The fourth-order valence-corrected chi connectivity index (χ4v) is 8.00. The Bertz CT molecular complexity index is 1800. The molecule has 0 aliphatic carbocycles. The third-order valence-electron chi connectivity index (χ3n) is 11.4. The summed E-state index contributed by atoms with van der Waals surface area (Å²) in [5.41, 5.74) is 18.9. The van der Waals surface area contributed by atoms with Crippen molar-refractivity contribution in [1.82, 2.24) is 0 Å². The van der Waals surface area contributed by atoms with Gasteiger partial charge in [-0.15, -0.1) is 22.8 Å². The number of para-hydroxylation sites is 4. The monoisotopic (exact) mass is 975 g/mol. The Hall–Kier alpha value is -3.66. The summed E-state index contributed by atoms with van der Waals surface area (Å²) >= 11 is 0. The SMILES string of the molecule is CC([CH-]C(C)=Nc1c(C(C)C)cccc1C(C)C)=Nc1c(C(C)C)cccc1C(C)C.CC([CH-]C(C)=Nc1c(C(C)C)cccc1C(C)C)=Nc1c(C(C)C)cccc1C(C)C.[CH3-].[CH3-].[Mn+2].[Mn+2]. The zero-order chi connectivity index (χ0) is 46.6. The van der Waals surface area contributed by atoms with Crippen molar-refractivity contribution in [2.24, 2.45) is 20.0 Å². The molecule has 0 fully saturated rings. The quantitative estimate of drug-likeness (QED) is 0.0610. The minimum atomic E-state index is 0. The van der Waals surface area contributed by atoms with Crippen molar-refractivity contribution in [2.75, 3.05) is 0 Å². The number of benzene rings is 4. The van der Waals surface area contributed by atoms with E-state index in [2.05, 4.69) is 224 Å². The largest absolute Gasteiger partial charge is 2.00 e. The number of nitrogens with zero attached hydrogens (tertiary/aromatic N) is 4. The second-order valence-electron chi connectivity index (χ2n) is 19.7. The van der Waals surface area contributed by atoms with Crippen LogP contribution in [-0.4, -0.2) is 22.8 Å². The first-order chi connectivity index (χ1) is 29.0. The Labute approximate surface area is 428 Å². The maximum absolute atomic E-state index is 5.08. The molecule has 0 saturated heterocycles. The minimum absolute atomic E-state index is 0. The van der Waals surface area contributed by atoms with Gasteiger partial charge in [0.1, 0.15) is 0 Å². The summed E-state index contributed by atoms with van der Waals surface area (Å²) in [6, 6.07) is 26.3. The molecule has 4 aromatic carbocycles. The van der Waals surface area contributed by atoms with Crippen LogP contribution in [0.3, 0.4) is 0 Å². The van der Waals surface area contributed by atoms with Crippen molar-refractivity contribution in [2.45, 2.75) is 186 Å². The Morgan fingerprint density at radius 2 is 0.409 bits per heavy atom. The molecule has 0 atom stereocenters. The van der Waals surface area contributed by atoms with Crippen molar-refractivity contribution in [1.29, 1.82) is 0 Å². The van der Waals surface area contributed by atoms with E-state index in [1.165, 1.54) is 44.5 Å². The Morgan fingerprint density at radius 3 is 0.515 bits per heavy atom. The standard InChI is InChI=1S/2C29H41N2.2CH3.2Mn/c2*1-18(2)24-13-11-14-25(19(3)4)28(24)30-22(9)17-23(10)31-29-26(20(5)6)15-12-16-27(29)21(7)8;;;;/h2*11-21H,1-10H3;2*1H3;;/q4*-1;2*+2. The topological polar surface area (TPSA) is 49.4 Å². The summed E-state index contributed by atoms with van der Waals surface area (Å²) in [5, 5.41) is 0. The van der Waals surface area contributed by atoms with E-state index < -0.39 is 0 Å². The van der Waals surface area contributed by atoms with E-state index in [-0.39, 0.29) is 49.0 Å². The summed E-state index contributed by atoms with van der Waals surface area (Å²) in [5.74, 6) is 3.49. The first-order valence-electron chi connectivity index (χ1n) is 23.5.